The maximum atomic E-state index is 12.2. The fourth-order valence-corrected chi connectivity index (χ4v) is 2.24. The second-order valence-electron chi connectivity index (χ2n) is 4.25. The molecule has 1 amide bonds. The highest BCUT2D eigenvalue weighted by atomic mass is 16.3. The van der Waals surface area contributed by atoms with E-state index >= 15 is 0 Å². The number of anilines is 1. The molecule has 1 aromatic rings. The van der Waals surface area contributed by atoms with Crippen molar-refractivity contribution < 1.29 is 9.90 Å². The molecule has 1 aliphatic heterocycles. The van der Waals surface area contributed by atoms with Crippen LogP contribution in [-0.2, 0) is 7.05 Å². The molecule has 16 heavy (non-hydrogen) atoms. The van der Waals surface area contributed by atoms with Crippen LogP contribution in [0.1, 0.15) is 23.3 Å². The first-order valence-corrected chi connectivity index (χ1v) is 5.47. The van der Waals surface area contributed by atoms with Crippen LogP contribution in [0.25, 0.3) is 0 Å². The van der Waals surface area contributed by atoms with E-state index in [1.54, 1.807) is 28.8 Å². The zero-order valence-electron chi connectivity index (χ0n) is 9.39. The Kier molecular flexibility index (Phi) is 2.87. The Hall–Kier alpha value is -1.49. The van der Waals surface area contributed by atoms with E-state index in [9.17, 15) is 9.90 Å². The number of aromatic nitrogens is 1. The minimum atomic E-state index is -0.0456. The van der Waals surface area contributed by atoms with Crippen LogP contribution in [0.3, 0.4) is 0 Å². The number of carbonyl (C=O) groups is 1. The summed E-state index contributed by atoms with van der Waals surface area (Å²) in [6.07, 6.45) is 3.55. The molecular formula is C11H17N3O2. The highest BCUT2D eigenvalue weighted by Crippen LogP contribution is 2.20. The molecule has 2 rings (SSSR count). The maximum absolute atomic E-state index is 12.2. The molecule has 0 spiro atoms. The first kappa shape index (κ1) is 11.0. The van der Waals surface area contributed by atoms with Gasteiger partial charge in [0, 0.05) is 19.8 Å². The second kappa shape index (κ2) is 4.17. The van der Waals surface area contributed by atoms with Crippen molar-refractivity contribution in [1.29, 1.82) is 0 Å². The number of aliphatic hydroxyl groups is 1. The molecule has 0 aliphatic carbocycles. The Morgan fingerprint density at radius 2 is 2.44 bits per heavy atom. The molecule has 5 heteroatoms. The van der Waals surface area contributed by atoms with Gasteiger partial charge in [0.15, 0.2) is 0 Å². The summed E-state index contributed by atoms with van der Waals surface area (Å²) in [5.74, 6) is -0.0456. The van der Waals surface area contributed by atoms with Crippen LogP contribution in [-0.4, -0.2) is 39.7 Å². The minimum Gasteiger partial charge on any atom is -0.397 e. The number of aliphatic hydroxyl groups excluding tert-OH is 1. The van der Waals surface area contributed by atoms with Crippen molar-refractivity contribution >= 4 is 11.6 Å². The largest absolute Gasteiger partial charge is 0.397 e. The van der Waals surface area contributed by atoms with Gasteiger partial charge in [0.1, 0.15) is 5.69 Å². The van der Waals surface area contributed by atoms with Crippen LogP contribution in [0.4, 0.5) is 5.69 Å². The molecule has 88 valence electrons. The molecule has 2 heterocycles. The summed E-state index contributed by atoms with van der Waals surface area (Å²) in [7, 11) is 1.80. The smallest absolute Gasteiger partial charge is 0.270 e. The number of nitrogens with zero attached hydrogens (tertiary/aromatic N) is 2. The van der Waals surface area contributed by atoms with Gasteiger partial charge in [-0.25, -0.2) is 0 Å². The minimum absolute atomic E-state index is 0.0334. The molecule has 0 aromatic carbocycles. The zero-order valence-corrected chi connectivity index (χ0v) is 9.39. The number of nitrogens with two attached hydrogens (primary N) is 1. The number of amides is 1. The van der Waals surface area contributed by atoms with Gasteiger partial charge >= 0.3 is 0 Å². The van der Waals surface area contributed by atoms with E-state index < -0.39 is 0 Å². The number of carbonyl (C=O) groups excluding carboxylic acids is 1. The molecule has 1 fully saturated rings. The van der Waals surface area contributed by atoms with Crippen molar-refractivity contribution in [2.75, 3.05) is 18.9 Å². The normalized spacial score (nSPS) is 20.4. The number of rotatable bonds is 2. The first-order chi connectivity index (χ1) is 7.63. The Balaban J connectivity index is 2.21. The molecular weight excluding hydrogens is 206 g/mol. The monoisotopic (exact) mass is 223 g/mol. The Morgan fingerprint density at radius 3 is 3.00 bits per heavy atom. The van der Waals surface area contributed by atoms with Gasteiger partial charge in [-0.05, 0) is 18.9 Å². The van der Waals surface area contributed by atoms with E-state index in [1.807, 2.05) is 0 Å². The third-order valence-corrected chi connectivity index (χ3v) is 3.09. The topological polar surface area (TPSA) is 71.5 Å². The van der Waals surface area contributed by atoms with Crippen molar-refractivity contribution in [2.24, 2.45) is 7.05 Å². The van der Waals surface area contributed by atoms with E-state index in [1.165, 1.54) is 0 Å². The van der Waals surface area contributed by atoms with Gasteiger partial charge in [0.25, 0.3) is 5.91 Å². The Morgan fingerprint density at radius 1 is 1.69 bits per heavy atom. The lowest BCUT2D eigenvalue weighted by Crippen LogP contribution is -2.38. The molecule has 5 nitrogen and oxygen atoms in total. The van der Waals surface area contributed by atoms with Gasteiger partial charge < -0.3 is 20.3 Å². The maximum Gasteiger partial charge on any atom is 0.270 e. The second-order valence-corrected chi connectivity index (χ2v) is 4.25. The average Bonchev–Trinajstić information content (AvgIpc) is 2.83. The summed E-state index contributed by atoms with van der Waals surface area (Å²) < 4.78 is 1.73. The molecule has 1 aliphatic rings. The quantitative estimate of drug-likeness (QED) is 0.752. The lowest BCUT2D eigenvalue weighted by molar-refractivity contribution is 0.0668. The van der Waals surface area contributed by atoms with Crippen molar-refractivity contribution in [1.82, 2.24) is 9.47 Å². The van der Waals surface area contributed by atoms with Gasteiger partial charge in [-0.15, -0.1) is 0 Å². The molecule has 1 saturated heterocycles. The molecule has 0 unspecified atom stereocenters. The van der Waals surface area contributed by atoms with E-state index in [2.05, 4.69) is 0 Å². The van der Waals surface area contributed by atoms with E-state index in [0.29, 0.717) is 11.4 Å². The molecule has 0 radical (unpaired) electrons. The molecule has 3 N–H and O–H groups in total. The summed E-state index contributed by atoms with van der Waals surface area (Å²) >= 11 is 0. The predicted molar refractivity (Wildman–Crippen MR) is 61.0 cm³/mol. The van der Waals surface area contributed by atoms with Crippen molar-refractivity contribution in [3.63, 3.8) is 0 Å². The van der Waals surface area contributed by atoms with Gasteiger partial charge in [-0.1, -0.05) is 0 Å². The SMILES string of the molecule is Cn1cc(N)cc1C(=O)N1CCC[C@H]1CO. The van der Waals surface area contributed by atoms with Gasteiger partial charge in [0.05, 0.1) is 18.3 Å². The van der Waals surface area contributed by atoms with E-state index in [4.69, 9.17) is 5.73 Å². The number of nitrogen functional groups attached to an aromatic ring is 1. The Labute approximate surface area is 94.5 Å². The molecule has 1 aromatic heterocycles. The highest BCUT2D eigenvalue weighted by molar-refractivity contribution is 5.94. The molecule has 0 bridgehead atoms. The predicted octanol–water partition coefficient (Wildman–Crippen LogP) is 0.204. The van der Waals surface area contributed by atoms with Crippen LogP contribution < -0.4 is 5.73 Å². The summed E-state index contributed by atoms with van der Waals surface area (Å²) in [6, 6.07) is 1.64. The van der Waals surface area contributed by atoms with Crippen molar-refractivity contribution in [2.45, 2.75) is 18.9 Å². The van der Waals surface area contributed by atoms with E-state index in [0.717, 1.165) is 19.4 Å². The van der Waals surface area contributed by atoms with E-state index in [-0.39, 0.29) is 18.6 Å². The standard InChI is InChI=1S/C11H17N3O2/c1-13-6-8(12)5-10(13)11(16)14-4-2-3-9(14)7-15/h5-6,9,15H,2-4,7,12H2,1H3/t9-/m0/s1. The first-order valence-electron chi connectivity index (χ1n) is 5.47. The highest BCUT2D eigenvalue weighted by Gasteiger charge is 2.29. The van der Waals surface area contributed by atoms with Crippen molar-refractivity contribution in [3.8, 4) is 0 Å². The van der Waals surface area contributed by atoms with Gasteiger partial charge in [-0.3, -0.25) is 4.79 Å². The van der Waals surface area contributed by atoms with Crippen LogP contribution in [0, 0.1) is 0 Å². The van der Waals surface area contributed by atoms with Crippen LogP contribution in [0.15, 0.2) is 12.3 Å². The molecule has 0 saturated carbocycles. The number of hydrogen-bond acceptors (Lipinski definition) is 3. The number of hydrogen-bond donors (Lipinski definition) is 2. The lowest BCUT2D eigenvalue weighted by atomic mass is 10.2. The Bertz CT molecular complexity index is 400. The summed E-state index contributed by atoms with van der Waals surface area (Å²) in [6.45, 7) is 0.751. The third-order valence-electron chi connectivity index (χ3n) is 3.09. The third kappa shape index (κ3) is 1.78. The van der Waals surface area contributed by atoms with Crippen LogP contribution in [0.5, 0.6) is 0 Å². The van der Waals surface area contributed by atoms with Gasteiger partial charge in [-0.2, -0.15) is 0 Å². The summed E-state index contributed by atoms with van der Waals surface area (Å²) in [5, 5.41) is 9.18. The number of aryl methyl sites for hydroxylation is 1. The fourth-order valence-electron chi connectivity index (χ4n) is 2.24. The van der Waals surface area contributed by atoms with Crippen LogP contribution >= 0.6 is 0 Å². The fraction of sp³-hybridized carbons (Fsp3) is 0.545. The average molecular weight is 223 g/mol. The zero-order chi connectivity index (χ0) is 11.7. The summed E-state index contributed by atoms with van der Waals surface area (Å²) in [5.41, 5.74) is 6.81. The van der Waals surface area contributed by atoms with Gasteiger partial charge in [0.2, 0.25) is 0 Å². The van der Waals surface area contributed by atoms with Crippen LogP contribution in [0.2, 0.25) is 0 Å². The molecule has 1 atom stereocenters. The summed E-state index contributed by atoms with van der Waals surface area (Å²) in [4.78, 5) is 13.9. The number of likely N-dealkylation sites (tertiary alicyclic amines) is 1. The van der Waals surface area contributed by atoms with Crippen molar-refractivity contribution in [3.05, 3.63) is 18.0 Å². The lowest BCUT2D eigenvalue weighted by Gasteiger charge is -2.23.